The van der Waals surface area contributed by atoms with Gasteiger partial charge >= 0.3 is 0 Å². The van der Waals surface area contributed by atoms with Crippen molar-refractivity contribution >= 4 is 22.7 Å². The molecule has 0 saturated carbocycles. The minimum absolute atomic E-state index is 0.770. The van der Waals surface area contributed by atoms with Gasteiger partial charge in [0.15, 0.2) is 5.82 Å². The number of rotatable bonds is 4. The SMILES string of the molecule is CN1CCN(c2ccc(-c3cc4c(Nc5ccncc5)ncnn4c3)cc2)CC1. The molecule has 0 unspecified atom stereocenters. The molecule has 0 bridgehead atoms. The highest BCUT2D eigenvalue weighted by molar-refractivity contribution is 5.79. The van der Waals surface area contributed by atoms with Crippen LogP contribution in [0.25, 0.3) is 16.6 Å². The van der Waals surface area contributed by atoms with E-state index in [1.54, 1.807) is 18.7 Å². The van der Waals surface area contributed by atoms with Crippen molar-refractivity contribution in [2.45, 2.75) is 0 Å². The number of nitrogens with zero attached hydrogens (tertiary/aromatic N) is 6. The van der Waals surface area contributed by atoms with Crippen molar-refractivity contribution in [2.75, 3.05) is 43.4 Å². The average Bonchev–Trinajstić information content (AvgIpc) is 3.21. The van der Waals surface area contributed by atoms with Crippen LogP contribution in [0.4, 0.5) is 17.2 Å². The third kappa shape index (κ3) is 3.64. The van der Waals surface area contributed by atoms with Crippen LogP contribution in [0.2, 0.25) is 0 Å². The van der Waals surface area contributed by atoms with E-state index >= 15 is 0 Å². The van der Waals surface area contributed by atoms with Gasteiger partial charge < -0.3 is 15.1 Å². The molecule has 29 heavy (non-hydrogen) atoms. The molecule has 4 heterocycles. The lowest BCUT2D eigenvalue weighted by Crippen LogP contribution is -2.44. The number of pyridine rings is 1. The second kappa shape index (κ2) is 7.52. The van der Waals surface area contributed by atoms with Gasteiger partial charge in [-0.2, -0.15) is 5.10 Å². The molecule has 5 rings (SSSR count). The molecule has 7 nitrogen and oxygen atoms in total. The van der Waals surface area contributed by atoms with Crippen molar-refractivity contribution in [2.24, 2.45) is 0 Å². The molecule has 0 aliphatic carbocycles. The lowest BCUT2D eigenvalue weighted by atomic mass is 10.1. The topological polar surface area (TPSA) is 61.6 Å². The smallest absolute Gasteiger partial charge is 0.158 e. The van der Waals surface area contributed by atoms with Gasteiger partial charge in [-0.1, -0.05) is 12.1 Å². The summed E-state index contributed by atoms with van der Waals surface area (Å²) in [6.45, 7) is 4.37. The molecule has 0 spiro atoms. The Morgan fingerprint density at radius 3 is 2.41 bits per heavy atom. The minimum atomic E-state index is 0.770. The Bertz CT molecular complexity index is 1100. The van der Waals surface area contributed by atoms with Gasteiger partial charge in [-0.05, 0) is 42.9 Å². The summed E-state index contributed by atoms with van der Waals surface area (Å²) in [5.41, 5.74) is 5.45. The highest BCUT2D eigenvalue weighted by Crippen LogP contribution is 2.28. The summed E-state index contributed by atoms with van der Waals surface area (Å²) in [5, 5.41) is 7.71. The molecule has 1 N–H and O–H groups in total. The zero-order chi connectivity index (χ0) is 19.6. The first kappa shape index (κ1) is 17.6. The molecular formula is C22H23N7. The molecule has 7 heteroatoms. The maximum absolute atomic E-state index is 4.42. The first-order valence-corrected chi connectivity index (χ1v) is 9.81. The Morgan fingerprint density at radius 2 is 1.66 bits per heavy atom. The summed E-state index contributed by atoms with van der Waals surface area (Å²) < 4.78 is 1.86. The number of likely N-dealkylation sites (N-methyl/N-ethyl adjacent to an activating group) is 1. The molecule has 4 aromatic rings. The number of hydrogen-bond donors (Lipinski definition) is 1. The molecule has 0 atom stereocenters. The van der Waals surface area contributed by atoms with Gasteiger partial charge in [-0.3, -0.25) is 4.98 Å². The fraction of sp³-hybridized carbons (Fsp3) is 0.227. The normalized spacial score (nSPS) is 15.0. The van der Waals surface area contributed by atoms with Crippen molar-refractivity contribution in [1.29, 1.82) is 0 Å². The third-order valence-corrected chi connectivity index (χ3v) is 5.42. The van der Waals surface area contributed by atoms with E-state index in [9.17, 15) is 0 Å². The van der Waals surface area contributed by atoms with E-state index in [4.69, 9.17) is 0 Å². The van der Waals surface area contributed by atoms with E-state index in [0.29, 0.717) is 0 Å². The lowest BCUT2D eigenvalue weighted by Gasteiger charge is -2.34. The quantitative estimate of drug-likeness (QED) is 0.582. The van der Waals surface area contributed by atoms with Crippen LogP contribution >= 0.6 is 0 Å². The largest absolute Gasteiger partial charge is 0.369 e. The van der Waals surface area contributed by atoms with E-state index < -0.39 is 0 Å². The third-order valence-electron chi connectivity index (χ3n) is 5.42. The van der Waals surface area contributed by atoms with Crippen LogP contribution in [0.15, 0.2) is 67.4 Å². The molecular weight excluding hydrogens is 362 g/mol. The molecule has 146 valence electrons. The number of nitrogens with one attached hydrogen (secondary N) is 1. The highest BCUT2D eigenvalue weighted by Gasteiger charge is 2.14. The van der Waals surface area contributed by atoms with Crippen LogP contribution in [0.3, 0.4) is 0 Å². The molecule has 1 saturated heterocycles. The predicted molar refractivity (Wildman–Crippen MR) is 116 cm³/mol. The zero-order valence-electron chi connectivity index (χ0n) is 16.4. The van der Waals surface area contributed by atoms with Crippen LogP contribution in [-0.4, -0.2) is 57.7 Å². The number of benzene rings is 1. The Balaban J connectivity index is 1.41. The Labute approximate surface area is 169 Å². The number of anilines is 3. The minimum Gasteiger partial charge on any atom is -0.369 e. The second-order valence-corrected chi connectivity index (χ2v) is 7.37. The molecule has 1 aliphatic rings. The van der Waals surface area contributed by atoms with E-state index in [1.807, 2.05) is 22.8 Å². The summed E-state index contributed by atoms with van der Waals surface area (Å²) in [4.78, 5) is 13.3. The van der Waals surface area contributed by atoms with E-state index in [1.165, 1.54) is 11.3 Å². The first-order chi connectivity index (χ1) is 14.3. The fourth-order valence-electron chi connectivity index (χ4n) is 3.69. The molecule has 0 radical (unpaired) electrons. The van der Waals surface area contributed by atoms with Crippen molar-refractivity contribution < 1.29 is 0 Å². The highest BCUT2D eigenvalue weighted by atomic mass is 15.3. The average molecular weight is 385 g/mol. The summed E-state index contributed by atoms with van der Waals surface area (Å²) in [6.07, 6.45) is 7.12. The zero-order valence-corrected chi connectivity index (χ0v) is 16.4. The van der Waals surface area contributed by atoms with Gasteiger partial charge in [0.25, 0.3) is 0 Å². The standard InChI is InChI=1S/C22H23N7/c1-27-10-12-28(13-11-27)20-4-2-17(3-5-20)18-14-21-22(24-16-25-29(21)15-18)26-19-6-8-23-9-7-19/h2-9,14-16H,10-13H2,1H3,(H,23,24,25,26). The van der Waals surface area contributed by atoms with Gasteiger partial charge in [0, 0.05) is 61.7 Å². The Hall–Kier alpha value is -3.45. The first-order valence-electron chi connectivity index (χ1n) is 9.81. The van der Waals surface area contributed by atoms with Crippen LogP contribution in [0.5, 0.6) is 0 Å². The lowest BCUT2D eigenvalue weighted by molar-refractivity contribution is 0.313. The summed E-state index contributed by atoms with van der Waals surface area (Å²) in [6, 6.07) is 14.8. The van der Waals surface area contributed by atoms with Crippen LogP contribution in [0.1, 0.15) is 0 Å². The van der Waals surface area contributed by atoms with Gasteiger partial charge in [0.2, 0.25) is 0 Å². The van der Waals surface area contributed by atoms with Crippen LogP contribution in [-0.2, 0) is 0 Å². The number of aromatic nitrogens is 4. The van der Waals surface area contributed by atoms with Gasteiger partial charge in [0.1, 0.15) is 11.8 Å². The molecule has 1 aromatic carbocycles. The van der Waals surface area contributed by atoms with Gasteiger partial charge in [-0.25, -0.2) is 9.50 Å². The molecule has 3 aromatic heterocycles. The number of piperazine rings is 1. The second-order valence-electron chi connectivity index (χ2n) is 7.37. The van der Waals surface area contributed by atoms with E-state index in [0.717, 1.165) is 48.8 Å². The maximum atomic E-state index is 4.42. The van der Waals surface area contributed by atoms with Crippen LogP contribution in [0, 0.1) is 0 Å². The van der Waals surface area contributed by atoms with Crippen molar-refractivity contribution in [1.82, 2.24) is 24.5 Å². The van der Waals surface area contributed by atoms with E-state index in [2.05, 4.69) is 67.6 Å². The molecule has 1 fully saturated rings. The van der Waals surface area contributed by atoms with Gasteiger partial charge in [-0.15, -0.1) is 0 Å². The summed E-state index contributed by atoms with van der Waals surface area (Å²) in [7, 11) is 2.18. The fourth-order valence-corrected chi connectivity index (χ4v) is 3.69. The van der Waals surface area contributed by atoms with Crippen molar-refractivity contribution in [3.8, 4) is 11.1 Å². The van der Waals surface area contributed by atoms with Gasteiger partial charge in [0.05, 0.1) is 0 Å². The van der Waals surface area contributed by atoms with Crippen molar-refractivity contribution in [3.63, 3.8) is 0 Å². The number of fused-ring (bicyclic) bond motifs is 1. The van der Waals surface area contributed by atoms with Crippen LogP contribution < -0.4 is 10.2 Å². The summed E-state index contributed by atoms with van der Waals surface area (Å²) >= 11 is 0. The Morgan fingerprint density at radius 1 is 0.897 bits per heavy atom. The number of hydrogen-bond acceptors (Lipinski definition) is 6. The van der Waals surface area contributed by atoms with E-state index in [-0.39, 0.29) is 0 Å². The molecule has 1 aliphatic heterocycles. The predicted octanol–water partition coefficient (Wildman–Crippen LogP) is 3.29. The summed E-state index contributed by atoms with van der Waals surface area (Å²) in [5.74, 6) is 0.770. The van der Waals surface area contributed by atoms with Crippen molar-refractivity contribution in [3.05, 3.63) is 67.4 Å². The Kier molecular flexibility index (Phi) is 4.57. The maximum Gasteiger partial charge on any atom is 0.158 e. The monoisotopic (exact) mass is 385 g/mol. The molecule has 0 amide bonds.